The highest BCUT2D eigenvalue weighted by Crippen LogP contribution is 2.22. The minimum absolute atomic E-state index is 0.200. The van der Waals surface area contributed by atoms with Gasteiger partial charge in [-0.05, 0) is 18.6 Å². The molecule has 1 aromatic rings. The maximum atomic E-state index is 11.9. The fraction of sp³-hybridized carbons (Fsp3) is 0.273. The highest BCUT2D eigenvalue weighted by atomic mass is 127. The van der Waals surface area contributed by atoms with Crippen LogP contribution in [0.25, 0.3) is 0 Å². The Morgan fingerprint density at radius 1 is 1.12 bits per heavy atom. The van der Waals surface area contributed by atoms with Crippen molar-refractivity contribution in [3.05, 3.63) is 35.4 Å². The van der Waals surface area contributed by atoms with Crippen LogP contribution in [0, 0.1) is 0 Å². The summed E-state index contributed by atoms with van der Waals surface area (Å²) >= 11 is 1.80. The second-order valence-corrected chi connectivity index (χ2v) is 4.10. The van der Waals surface area contributed by atoms with E-state index in [-0.39, 0.29) is 11.8 Å². The van der Waals surface area contributed by atoms with Crippen molar-refractivity contribution in [2.75, 3.05) is 13.2 Å². The van der Waals surface area contributed by atoms with Gasteiger partial charge in [0.15, 0.2) is 0 Å². The number of hydrogen-bond donors (Lipinski definition) is 0. The Bertz CT molecular complexity index is 398. The van der Waals surface area contributed by atoms with Crippen LogP contribution in [-0.2, 0) is 3.07 Å². The van der Waals surface area contributed by atoms with Crippen LogP contribution in [0.2, 0.25) is 0 Å². The average Bonchev–Trinajstić information content (AvgIpc) is 2.55. The molecule has 0 spiro atoms. The van der Waals surface area contributed by atoms with E-state index in [2.05, 4.69) is 0 Å². The number of rotatable bonds is 4. The molecule has 0 bridgehead atoms. The van der Waals surface area contributed by atoms with E-state index in [1.54, 1.807) is 47.3 Å². The number of nitrogens with zero attached hydrogens (tertiary/aromatic N) is 1. The Labute approximate surface area is 107 Å². The van der Waals surface area contributed by atoms with Crippen molar-refractivity contribution in [2.24, 2.45) is 0 Å². The lowest BCUT2D eigenvalue weighted by molar-refractivity contribution is 0.0649. The van der Waals surface area contributed by atoms with Gasteiger partial charge in [0.1, 0.15) is 23.0 Å². The van der Waals surface area contributed by atoms with Gasteiger partial charge >= 0.3 is 0 Å². The lowest BCUT2D eigenvalue weighted by Gasteiger charge is -2.12. The Morgan fingerprint density at radius 3 is 2.19 bits per heavy atom. The average molecular weight is 331 g/mol. The summed E-state index contributed by atoms with van der Waals surface area (Å²) < 4.78 is 4.87. The molecular weight excluding hydrogens is 321 g/mol. The van der Waals surface area contributed by atoms with Crippen LogP contribution in [0.3, 0.4) is 0 Å². The van der Waals surface area contributed by atoms with Gasteiger partial charge in [0, 0.05) is 6.54 Å². The van der Waals surface area contributed by atoms with Gasteiger partial charge in [0.2, 0.25) is 0 Å². The largest absolute Gasteiger partial charge is 0.316 e. The molecule has 0 atom stereocenters. The molecular formula is C11H10INO3. The molecule has 0 fully saturated rings. The normalized spacial score (nSPS) is 14.4. The van der Waals surface area contributed by atoms with Crippen LogP contribution in [0.5, 0.6) is 0 Å². The summed E-state index contributed by atoms with van der Waals surface area (Å²) in [5.41, 5.74) is 1.01. The molecule has 0 N–H and O–H groups in total. The van der Waals surface area contributed by atoms with Gasteiger partial charge in [0.25, 0.3) is 11.8 Å². The van der Waals surface area contributed by atoms with Gasteiger partial charge in [-0.1, -0.05) is 12.1 Å². The van der Waals surface area contributed by atoms with Crippen LogP contribution in [0.4, 0.5) is 0 Å². The number of benzene rings is 1. The molecule has 2 amide bonds. The first-order chi connectivity index (χ1) is 7.75. The highest BCUT2D eigenvalue weighted by Gasteiger charge is 2.34. The number of carbonyl (C=O) groups excluding carboxylic acids is 2. The zero-order valence-corrected chi connectivity index (χ0v) is 10.6. The lowest BCUT2D eigenvalue weighted by Crippen LogP contribution is -2.31. The van der Waals surface area contributed by atoms with Crippen molar-refractivity contribution >= 4 is 34.8 Å². The van der Waals surface area contributed by atoms with E-state index in [1.807, 2.05) is 0 Å². The number of amides is 2. The molecule has 16 heavy (non-hydrogen) atoms. The lowest BCUT2D eigenvalue weighted by atomic mass is 10.1. The summed E-state index contributed by atoms with van der Waals surface area (Å²) in [5, 5.41) is 0. The number of hydrogen-bond acceptors (Lipinski definition) is 3. The third-order valence-electron chi connectivity index (χ3n) is 2.48. The molecule has 0 saturated heterocycles. The molecule has 4 nitrogen and oxygen atoms in total. The summed E-state index contributed by atoms with van der Waals surface area (Å²) in [6.07, 6.45) is 0.661. The van der Waals surface area contributed by atoms with E-state index in [1.165, 1.54) is 4.90 Å². The zero-order chi connectivity index (χ0) is 11.5. The summed E-state index contributed by atoms with van der Waals surface area (Å²) in [6, 6.07) is 6.90. The van der Waals surface area contributed by atoms with Crippen LogP contribution in [-0.4, -0.2) is 29.9 Å². The van der Waals surface area contributed by atoms with Crippen molar-refractivity contribution in [3.8, 4) is 0 Å². The van der Waals surface area contributed by atoms with E-state index in [9.17, 15) is 9.59 Å². The van der Waals surface area contributed by atoms with Crippen molar-refractivity contribution < 1.29 is 12.7 Å². The van der Waals surface area contributed by atoms with Crippen molar-refractivity contribution in [3.63, 3.8) is 0 Å². The molecule has 0 unspecified atom stereocenters. The molecule has 84 valence electrons. The number of halogens is 1. The van der Waals surface area contributed by atoms with Gasteiger partial charge in [-0.2, -0.15) is 0 Å². The molecule has 0 radical (unpaired) electrons. The second-order valence-electron chi connectivity index (χ2n) is 3.47. The van der Waals surface area contributed by atoms with Crippen molar-refractivity contribution in [2.45, 2.75) is 6.42 Å². The molecule has 5 heteroatoms. The minimum atomic E-state index is -0.200. The van der Waals surface area contributed by atoms with E-state index in [4.69, 9.17) is 3.07 Å². The monoisotopic (exact) mass is 331 g/mol. The SMILES string of the molecule is O=C1c2ccccc2C(=O)N1CCCOI. The zero-order valence-electron chi connectivity index (χ0n) is 8.48. The highest BCUT2D eigenvalue weighted by molar-refractivity contribution is 14.1. The molecule has 2 rings (SSSR count). The number of carbonyl (C=O) groups is 2. The third kappa shape index (κ3) is 1.97. The first kappa shape index (κ1) is 11.5. The molecule has 1 aliphatic rings. The van der Waals surface area contributed by atoms with Gasteiger partial charge in [-0.15, -0.1) is 0 Å². The topological polar surface area (TPSA) is 46.6 Å². The van der Waals surface area contributed by atoms with E-state index < -0.39 is 0 Å². The molecule has 1 heterocycles. The first-order valence-electron chi connectivity index (χ1n) is 4.94. The maximum Gasteiger partial charge on any atom is 0.261 e. The quantitative estimate of drug-likeness (QED) is 0.482. The third-order valence-corrected chi connectivity index (χ3v) is 2.92. The van der Waals surface area contributed by atoms with E-state index >= 15 is 0 Å². The summed E-state index contributed by atoms with van der Waals surface area (Å²) in [6.45, 7) is 0.948. The molecule has 0 saturated carbocycles. The summed E-state index contributed by atoms with van der Waals surface area (Å²) in [5.74, 6) is -0.400. The Kier molecular flexibility index (Phi) is 3.55. The van der Waals surface area contributed by atoms with Gasteiger partial charge in [-0.25, -0.2) is 0 Å². The fourth-order valence-electron chi connectivity index (χ4n) is 1.72. The van der Waals surface area contributed by atoms with E-state index in [0.717, 1.165) is 0 Å². The predicted molar refractivity (Wildman–Crippen MR) is 66.4 cm³/mol. The van der Waals surface area contributed by atoms with Gasteiger partial charge < -0.3 is 3.07 Å². The van der Waals surface area contributed by atoms with Crippen LogP contribution < -0.4 is 0 Å². The Balaban J connectivity index is 2.15. The van der Waals surface area contributed by atoms with Gasteiger partial charge in [-0.3, -0.25) is 14.5 Å². The molecule has 0 aromatic heterocycles. The first-order valence-corrected chi connectivity index (χ1v) is 5.82. The second kappa shape index (κ2) is 4.92. The molecule has 0 aliphatic carbocycles. The Morgan fingerprint density at radius 2 is 1.69 bits per heavy atom. The van der Waals surface area contributed by atoms with Crippen molar-refractivity contribution in [1.29, 1.82) is 0 Å². The van der Waals surface area contributed by atoms with E-state index in [0.29, 0.717) is 30.7 Å². The minimum Gasteiger partial charge on any atom is -0.316 e. The van der Waals surface area contributed by atoms with Crippen molar-refractivity contribution in [1.82, 2.24) is 4.90 Å². The van der Waals surface area contributed by atoms with Crippen LogP contribution in [0.15, 0.2) is 24.3 Å². The maximum absolute atomic E-state index is 11.9. The molecule has 1 aliphatic heterocycles. The summed E-state index contributed by atoms with van der Waals surface area (Å²) in [4.78, 5) is 25.0. The summed E-state index contributed by atoms with van der Waals surface area (Å²) in [7, 11) is 0. The number of imide groups is 1. The fourth-order valence-corrected chi connectivity index (χ4v) is 2.03. The van der Waals surface area contributed by atoms with Gasteiger partial charge in [0.05, 0.1) is 17.7 Å². The smallest absolute Gasteiger partial charge is 0.261 e. The number of fused-ring (bicyclic) bond motifs is 1. The van der Waals surface area contributed by atoms with Crippen LogP contribution >= 0.6 is 23.0 Å². The standard InChI is InChI=1S/C11H10INO3/c12-16-7-3-6-13-10(14)8-4-1-2-5-9(8)11(13)15/h1-2,4-5H,3,6-7H2. The Hall–Kier alpha value is -0.950. The predicted octanol–water partition coefficient (Wildman–Crippen LogP) is 2.04. The molecule has 1 aromatic carbocycles. The van der Waals surface area contributed by atoms with Crippen LogP contribution in [0.1, 0.15) is 27.1 Å².